The normalized spacial score (nSPS) is 13.6. The van der Waals surface area contributed by atoms with E-state index in [2.05, 4.69) is 20.9 Å². The van der Waals surface area contributed by atoms with Crippen LogP contribution in [0.3, 0.4) is 0 Å². The average Bonchev–Trinajstić information content (AvgIpc) is 3.27. The summed E-state index contributed by atoms with van der Waals surface area (Å²) < 4.78 is 14.1. The number of amides is 2. The molecule has 2 rings (SSSR count). The van der Waals surface area contributed by atoms with Crippen LogP contribution in [0.4, 0.5) is 10.2 Å². The van der Waals surface area contributed by atoms with Crippen molar-refractivity contribution in [3.8, 4) is 0 Å². The molecule has 0 bridgehead atoms. The SMILES string of the molecule is CCCNc1nccc(C(=O)NCC(=O)NC2CC2)c1F. The van der Waals surface area contributed by atoms with Gasteiger partial charge < -0.3 is 16.0 Å². The Labute approximate surface area is 122 Å². The molecule has 0 spiro atoms. The standard InChI is InChI=1S/C14H19FN4O2/c1-2-6-16-13-12(15)10(5-7-17-13)14(21)18-8-11(20)19-9-3-4-9/h5,7,9H,2-4,6,8H2,1H3,(H,16,17)(H,18,21)(H,19,20). The first-order valence-corrected chi connectivity index (χ1v) is 7.07. The number of aromatic nitrogens is 1. The highest BCUT2D eigenvalue weighted by Gasteiger charge is 2.23. The number of nitrogens with one attached hydrogen (secondary N) is 3. The number of nitrogens with zero attached hydrogens (tertiary/aromatic N) is 1. The van der Waals surface area contributed by atoms with Gasteiger partial charge in [0.2, 0.25) is 5.91 Å². The third-order valence-electron chi connectivity index (χ3n) is 3.03. The summed E-state index contributed by atoms with van der Waals surface area (Å²) in [5.41, 5.74) is -0.122. The van der Waals surface area contributed by atoms with Crippen molar-refractivity contribution >= 4 is 17.6 Å². The lowest BCUT2D eigenvalue weighted by molar-refractivity contribution is -0.120. The molecular weight excluding hydrogens is 275 g/mol. The van der Waals surface area contributed by atoms with Crippen molar-refractivity contribution in [3.63, 3.8) is 0 Å². The maximum Gasteiger partial charge on any atom is 0.254 e. The van der Waals surface area contributed by atoms with Gasteiger partial charge in [-0.25, -0.2) is 9.37 Å². The molecule has 1 aromatic rings. The zero-order chi connectivity index (χ0) is 15.2. The third-order valence-corrected chi connectivity index (χ3v) is 3.03. The van der Waals surface area contributed by atoms with Gasteiger partial charge in [-0.2, -0.15) is 0 Å². The van der Waals surface area contributed by atoms with E-state index < -0.39 is 11.7 Å². The minimum Gasteiger partial charge on any atom is -0.368 e. The van der Waals surface area contributed by atoms with Crippen LogP contribution >= 0.6 is 0 Å². The van der Waals surface area contributed by atoms with Crippen LogP contribution in [0, 0.1) is 5.82 Å². The van der Waals surface area contributed by atoms with Crippen molar-refractivity contribution < 1.29 is 14.0 Å². The fourth-order valence-corrected chi connectivity index (χ4v) is 1.75. The van der Waals surface area contributed by atoms with Crippen LogP contribution in [0.25, 0.3) is 0 Å². The number of rotatable bonds is 7. The monoisotopic (exact) mass is 294 g/mol. The largest absolute Gasteiger partial charge is 0.368 e. The molecular formula is C14H19FN4O2. The summed E-state index contributed by atoms with van der Waals surface area (Å²) in [6, 6.07) is 1.53. The van der Waals surface area contributed by atoms with Crippen molar-refractivity contribution in [2.75, 3.05) is 18.4 Å². The van der Waals surface area contributed by atoms with Gasteiger partial charge in [0.15, 0.2) is 11.6 Å². The van der Waals surface area contributed by atoms with Gasteiger partial charge in [0.1, 0.15) is 0 Å². The Morgan fingerprint density at radius 1 is 1.43 bits per heavy atom. The zero-order valence-electron chi connectivity index (χ0n) is 11.9. The predicted molar refractivity (Wildman–Crippen MR) is 76.5 cm³/mol. The van der Waals surface area contributed by atoms with E-state index in [1.165, 1.54) is 12.3 Å². The van der Waals surface area contributed by atoms with E-state index in [0.717, 1.165) is 19.3 Å². The van der Waals surface area contributed by atoms with E-state index in [0.29, 0.717) is 6.54 Å². The molecule has 21 heavy (non-hydrogen) atoms. The first-order valence-electron chi connectivity index (χ1n) is 7.07. The Bertz CT molecular complexity index is 532. The smallest absolute Gasteiger partial charge is 0.254 e. The van der Waals surface area contributed by atoms with E-state index in [4.69, 9.17) is 0 Å². The molecule has 1 fully saturated rings. The van der Waals surface area contributed by atoms with Gasteiger partial charge >= 0.3 is 0 Å². The number of pyridine rings is 1. The number of halogens is 1. The number of carbonyl (C=O) groups excluding carboxylic acids is 2. The lowest BCUT2D eigenvalue weighted by atomic mass is 10.2. The Hall–Kier alpha value is -2.18. The summed E-state index contributed by atoms with van der Waals surface area (Å²) in [6.45, 7) is 2.35. The van der Waals surface area contributed by atoms with E-state index in [9.17, 15) is 14.0 Å². The summed E-state index contributed by atoms with van der Waals surface area (Å²) in [4.78, 5) is 27.2. The van der Waals surface area contributed by atoms with Crippen molar-refractivity contribution in [1.29, 1.82) is 0 Å². The summed E-state index contributed by atoms with van der Waals surface area (Å²) >= 11 is 0. The first kappa shape index (κ1) is 15.2. The summed E-state index contributed by atoms with van der Waals surface area (Å²) in [7, 11) is 0. The molecule has 0 radical (unpaired) electrons. The fourth-order valence-electron chi connectivity index (χ4n) is 1.75. The number of hydrogen-bond acceptors (Lipinski definition) is 4. The van der Waals surface area contributed by atoms with E-state index in [1.54, 1.807) is 0 Å². The Balaban J connectivity index is 1.92. The molecule has 0 atom stereocenters. The van der Waals surface area contributed by atoms with Crippen LogP contribution < -0.4 is 16.0 Å². The molecule has 6 nitrogen and oxygen atoms in total. The van der Waals surface area contributed by atoms with Gasteiger partial charge in [0.25, 0.3) is 5.91 Å². The van der Waals surface area contributed by atoms with Gasteiger partial charge in [0.05, 0.1) is 12.1 Å². The molecule has 0 aliphatic heterocycles. The average molecular weight is 294 g/mol. The minimum absolute atomic E-state index is 0.0481. The quantitative estimate of drug-likeness (QED) is 0.702. The van der Waals surface area contributed by atoms with Crippen molar-refractivity contribution in [3.05, 3.63) is 23.6 Å². The van der Waals surface area contributed by atoms with Crippen LogP contribution in [0.15, 0.2) is 12.3 Å². The van der Waals surface area contributed by atoms with Crippen LogP contribution in [0.1, 0.15) is 36.5 Å². The number of anilines is 1. The van der Waals surface area contributed by atoms with Gasteiger partial charge in [-0.15, -0.1) is 0 Å². The molecule has 1 heterocycles. The fraction of sp³-hybridized carbons (Fsp3) is 0.500. The Kier molecular flexibility index (Phi) is 5.08. The second-order valence-electron chi connectivity index (χ2n) is 4.97. The summed E-state index contributed by atoms with van der Waals surface area (Å²) in [5.74, 6) is -1.54. The molecule has 0 unspecified atom stereocenters. The van der Waals surface area contributed by atoms with E-state index in [1.807, 2.05) is 6.92 Å². The lowest BCUT2D eigenvalue weighted by Gasteiger charge is -2.09. The summed E-state index contributed by atoms with van der Waals surface area (Å²) in [5, 5.41) is 7.96. The van der Waals surface area contributed by atoms with Crippen LogP contribution in [0.2, 0.25) is 0 Å². The maximum absolute atomic E-state index is 14.1. The van der Waals surface area contributed by atoms with Crippen molar-refractivity contribution in [1.82, 2.24) is 15.6 Å². The van der Waals surface area contributed by atoms with Crippen LogP contribution in [-0.4, -0.2) is 35.9 Å². The molecule has 2 amide bonds. The van der Waals surface area contributed by atoms with E-state index >= 15 is 0 Å². The maximum atomic E-state index is 14.1. The highest BCUT2D eigenvalue weighted by Crippen LogP contribution is 2.18. The molecule has 1 saturated carbocycles. The topological polar surface area (TPSA) is 83.1 Å². The van der Waals surface area contributed by atoms with E-state index in [-0.39, 0.29) is 29.9 Å². The molecule has 1 aliphatic carbocycles. The molecule has 1 aliphatic rings. The van der Waals surface area contributed by atoms with Gasteiger partial charge in [-0.05, 0) is 25.3 Å². The number of carbonyl (C=O) groups is 2. The van der Waals surface area contributed by atoms with Crippen LogP contribution in [-0.2, 0) is 4.79 Å². The van der Waals surface area contributed by atoms with Gasteiger partial charge in [0, 0.05) is 18.8 Å². The number of hydrogen-bond donors (Lipinski definition) is 3. The Morgan fingerprint density at radius 2 is 2.19 bits per heavy atom. The Morgan fingerprint density at radius 3 is 2.86 bits per heavy atom. The first-order chi connectivity index (χ1) is 10.1. The minimum atomic E-state index is -0.703. The van der Waals surface area contributed by atoms with Gasteiger partial charge in [-0.1, -0.05) is 6.92 Å². The molecule has 7 heteroatoms. The second-order valence-corrected chi connectivity index (χ2v) is 4.97. The molecule has 3 N–H and O–H groups in total. The van der Waals surface area contributed by atoms with Crippen molar-refractivity contribution in [2.45, 2.75) is 32.2 Å². The van der Waals surface area contributed by atoms with Gasteiger partial charge in [-0.3, -0.25) is 9.59 Å². The van der Waals surface area contributed by atoms with Crippen LogP contribution in [0.5, 0.6) is 0 Å². The summed E-state index contributed by atoms with van der Waals surface area (Å²) in [6.07, 6.45) is 4.13. The molecule has 0 aromatic carbocycles. The zero-order valence-corrected chi connectivity index (χ0v) is 11.9. The molecule has 0 saturated heterocycles. The molecule has 1 aromatic heterocycles. The molecule has 114 valence electrons. The highest BCUT2D eigenvalue weighted by atomic mass is 19.1. The third kappa shape index (κ3) is 4.40. The lowest BCUT2D eigenvalue weighted by Crippen LogP contribution is -2.38. The second kappa shape index (κ2) is 7.01. The highest BCUT2D eigenvalue weighted by molar-refractivity contribution is 5.97. The predicted octanol–water partition coefficient (Wildman–Crippen LogP) is 1.05. The van der Waals surface area contributed by atoms with Crippen molar-refractivity contribution in [2.24, 2.45) is 0 Å².